The van der Waals surface area contributed by atoms with Crippen LogP contribution in [-0.4, -0.2) is 56.7 Å². The SMILES string of the molecule is COc1ccccc1NC(N)=NCC(C)N1CCN(c2ccccc2)CC1.I. The fourth-order valence-corrected chi connectivity index (χ4v) is 3.33. The van der Waals surface area contributed by atoms with Crippen LogP contribution in [0.1, 0.15) is 6.92 Å². The molecule has 2 aromatic rings. The summed E-state index contributed by atoms with van der Waals surface area (Å²) in [5.41, 5.74) is 8.19. The molecule has 6 nitrogen and oxygen atoms in total. The molecule has 1 unspecified atom stereocenters. The quantitative estimate of drug-likeness (QED) is 0.366. The number of piperazine rings is 1. The predicted molar refractivity (Wildman–Crippen MR) is 128 cm³/mol. The Morgan fingerprint density at radius 2 is 1.71 bits per heavy atom. The molecule has 0 spiro atoms. The van der Waals surface area contributed by atoms with E-state index in [9.17, 15) is 0 Å². The summed E-state index contributed by atoms with van der Waals surface area (Å²) >= 11 is 0. The number of hydrogen-bond acceptors (Lipinski definition) is 4. The number of methoxy groups -OCH3 is 1. The van der Waals surface area contributed by atoms with E-state index in [0.29, 0.717) is 18.5 Å². The number of nitrogens with one attached hydrogen (secondary N) is 1. The standard InChI is InChI=1S/C21H29N5O.HI/c1-17(16-23-21(22)24-19-10-6-7-11-20(19)27-2)25-12-14-26(15-13-25)18-8-4-3-5-9-18;/h3-11,17H,12-16H2,1-2H3,(H3,22,23,24);1H. The van der Waals surface area contributed by atoms with Gasteiger partial charge < -0.3 is 20.7 Å². The van der Waals surface area contributed by atoms with Crippen molar-refractivity contribution in [2.45, 2.75) is 13.0 Å². The predicted octanol–water partition coefficient (Wildman–Crippen LogP) is 3.25. The fourth-order valence-electron chi connectivity index (χ4n) is 3.33. The molecular weight excluding hydrogens is 465 g/mol. The second-order valence-corrected chi connectivity index (χ2v) is 6.76. The molecule has 0 radical (unpaired) electrons. The van der Waals surface area contributed by atoms with Crippen molar-refractivity contribution < 1.29 is 4.74 Å². The zero-order valence-electron chi connectivity index (χ0n) is 16.5. The highest BCUT2D eigenvalue weighted by molar-refractivity contribution is 14.0. The molecule has 1 aliphatic heterocycles. The van der Waals surface area contributed by atoms with E-state index in [1.54, 1.807) is 7.11 Å². The number of halogens is 1. The summed E-state index contributed by atoms with van der Waals surface area (Å²) in [6.07, 6.45) is 0. The number of benzene rings is 2. The van der Waals surface area contributed by atoms with E-state index in [2.05, 4.69) is 57.4 Å². The van der Waals surface area contributed by atoms with Crippen LogP contribution in [0.2, 0.25) is 0 Å². The molecule has 0 saturated carbocycles. The number of para-hydroxylation sites is 3. The first-order valence-corrected chi connectivity index (χ1v) is 9.41. The normalized spacial score (nSPS) is 16.2. The van der Waals surface area contributed by atoms with Crippen LogP contribution in [0.5, 0.6) is 5.75 Å². The summed E-state index contributed by atoms with van der Waals surface area (Å²) in [6.45, 7) is 7.01. The molecule has 0 amide bonds. The second kappa shape index (κ2) is 11.1. The molecule has 3 N–H and O–H groups in total. The average molecular weight is 495 g/mol. The number of ether oxygens (including phenoxy) is 1. The van der Waals surface area contributed by atoms with Gasteiger partial charge >= 0.3 is 0 Å². The smallest absolute Gasteiger partial charge is 0.193 e. The van der Waals surface area contributed by atoms with Crippen LogP contribution in [-0.2, 0) is 0 Å². The van der Waals surface area contributed by atoms with Gasteiger partial charge in [0.15, 0.2) is 5.96 Å². The Kier molecular flexibility index (Phi) is 8.85. The van der Waals surface area contributed by atoms with Gasteiger partial charge in [-0.3, -0.25) is 9.89 Å². The first kappa shape index (κ1) is 22.3. The number of hydrogen-bond donors (Lipinski definition) is 2. The van der Waals surface area contributed by atoms with E-state index in [1.807, 2.05) is 24.3 Å². The number of anilines is 2. The summed E-state index contributed by atoms with van der Waals surface area (Å²) in [7, 11) is 1.64. The highest BCUT2D eigenvalue weighted by atomic mass is 127. The molecule has 7 heteroatoms. The topological polar surface area (TPSA) is 66.1 Å². The molecule has 0 bridgehead atoms. The van der Waals surface area contributed by atoms with Gasteiger partial charge in [-0.25, -0.2) is 0 Å². The molecule has 1 atom stereocenters. The van der Waals surface area contributed by atoms with Gasteiger partial charge in [-0.1, -0.05) is 30.3 Å². The third-order valence-corrected chi connectivity index (χ3v) is 4.95. The van der Waals surface area contributed by atoms with Crippen molar-refractivity contribution in [3.63, 3.8) is 0 Å². The molecular formula is C21H30IN5O. The Bertz CT molecular complexity index is 747. The maximum atomic E-state index is 6.06. The highest BCUT2D eigenvalue weighted by Gasteiger charge is 2.21. The van der Waals surface area contributed by atoms with Gasteiger partial charge in [0, 0.05) is 37.9 Å². The van der Waals surface area contributed by atoms with Crippen LogP contribution >= 0.6 is 24.0 Å². The number of nitrogens with two attached hydrogens (primary N) is 1. The van der Waals surface area contributed by atoms with Gasteiger partial charge in [-0.15, -0.1) is 24.0 Å². The van der Waals surface area contributed by atoms with Crippen LogP contribution in [0, 0.1) is 0 Å². The third-order valence-electron chi connectivity index (χ3n) is 4.95. The molecule has 1 aliphatic rings. The maximum absolute atomic E-state index is 6.06. The summed E-state index contributed by atoms with van der Waals surface area (Å²) in [5, 5.41) is 3.12. The van der Waals surface area contributed by atoms with E-state index < -0.39 is 0 Å². The Balaban J connectivity index is 0.00000280. The van der Waals surface area contributed by atoms with Crippen molar-refractivity contribution in [3.8, 4) is 5.75 Å². The highest BCUT2D eigenvalue weighted by Crippen LogP contribution is 2.22. The minimum absolute atomic E-state index is 0. The molecule has 1 heterocycles. The van der Waals surface area contributed by atoms with E-state index in [1.165, 1.54) is 5.69 Å². The van der Waals surface area contributed by atoms with Crippen molar-refractivity contribution >= 4 is 41.3 Å². The zero-order chi connectivity index (χ0) is 19.1. The van der Waals surface area contributed by atoms with Crippen molar-refractivity contribution in [3.05, 3.63) is 54.6 Å². The van der Waals surface area contributed by atoms with Crippen LogP contribution < -0.4 is 20.7 Å². The van der Waals surface area contributed by atoms with Gasteiger partial charge in [-0.05, 0) is 31.2 Å². The van der Waals surface area contributed by atoms with Crippen molar-refractivity contribution in [2.24, 2.45) is 10.7 Å². The molecule has 0 aliphatic carbocycles. The molecule has 2 aromatic carbocycles. The monoisotopic (exact) mass is 495 g/mol. The lowest BCUT2D eigenvalue weighted by atomic mass is 10.2. The first-order valence-electron chi connectivity index (χ1n) is 9.41. The Morgan fingerprint density at radius 3 is 2.39 bits per heavy atom. The van der Waals surface area contributed by atoms with Crippen LogP contribution in [0.3, 0.4) is 0 Å². The minimum Gasteiger partial charge on any atom is -0.495 e. The Labute approximate surface area is 184 Å². The zero-order valence-corrected chi connectivity index (χ0v) is 18.9. The Morgan fingerprint density at radius 1 is 1.07 bits per heavy atom. The largest absolute Gasteiger partial charge is 0.495 e. The molecule has 28 heavy (non-hydrogen) atoms. The van der Waals surface area contributed by atoms with E-state index in [0.717, 1.165) is 37.6 Å². The molecule has 3 rings (SSSR count). The number of guanidine groups is 1. The van der Waals surface area contributed by atoms with Crippen molar-refractivity contribution in [1.82, 2.24) is 4.90 Å². The molecule has 1 saturated heterocycles. The van der Waals surface area contributed by atoms with Crippen LogP contribution in [0.25, 0.3) is 0 Å². The van der Waals surface area contributed by atoms with E-state index in [-0.39, 0.29) is 24.0 Å². The second-order valence-electron chi connectivity index (χ2n) is 6.76. The van der Waals surface area contributed by atoms with Gasteiger partial charge in [0.25, 0.3) is 0 Å². The fraction of sp³-hybridized carbons (Fsp3) is 0.381. The van der Waals surface area contributed by atoms with Crippen LogP contribution in [0.4, 0.5) is 11.4 Å². The summed E-state index contributed by atoms with van der Waals surface area (Å²) < 4.78 is 5.33. The molecule has 0 aromatic heterocycles. The van der Waals surface area contributed by atoms with Crippen LogP contribution in [0.15, 0.2) is 59.6 Å². The minimum atomic E-state index is 0. The van der Waals surface area contributed by atoms with Gasteiger partial charge in [0.05, 0.1) is 19.3 Å². The lowest BCUT2D eigenvalue weighted by Gasteiger charge is -2.38. The first-order chi connectivity index (χ1) is 13.2. The Hall–Kier alpha value is -2.00. The van der Waals surface area contributed by atoms with Gasteiger partial charge in [0.2, 0.25) is 0 Å². The summed E-state index contributed by atoms with van der Waals surface area (Å²) in [4.78, 5) is 9.43. The average Bonchev–Trinajstić information content (AvgIpc) is 2.73. The third kappa shape index (κ3) is 6.00. The van der Waals surface area contributed by atoms with Crippen molar-refractivity contribution in [1.29, 1.82) is 0 Å². The molecule has 1 fully saturated rings. The summed E-state index contributed by atoms with van der Waals surface area (Å²) in [5.74, 6) is 1.16. The number of nitrogens with zero attached hydrogens (tertiary/aromatic N) is 3. The lowest BCUT2D eigenvalue weighted by Crippen LogP contribution is -2.50. The summed E-state index contributed by atoms with van der Waals surface area (Å²) in [6, 6.07) is 18.6. The van der Waals surface area contributed by atoms with E-state index in [4.69, 9.17) is 10.5 Å². The molecule has 152 valence electrons. The van der Waals surface area contributed by atoms with Crippen molar-refractivity contribution in [2.75, 3.05) is 50.1 Å². The lowest BCUT2D eigenvalue weighted by molar-refractivity contribution is 0.201. The van der Waals surface area contributed by atoms with Gasteiger partial charge in [-0.2, -0.15) is 0 Å². The number of rotatable bonds is 6. The van der Waals surface area contributed by atoms with Gasteiger partial charge in [0.1, 0.15) is 5.75 Å². The van der Waals surface area contributed by atoms with E-state index >= 15 is 0 Å². The number of aliphatic imine (C=N–C) groups is 1. The maximum Gasteiger partial charge on any atom is 0.193 e.